The normalized spacial score (nSPS) is 14.2. The van der Waals surface area contributed by atoms with Crippen LogP contribution in [0.25, 0.3) is 27.7 Å². The minimum Gasteiger partial charge on any atom is -0.493 e. The van der Waals surface area contributed by atoms with Crippen LogP contribution in [0, 0.1) is 6.92 Å². The third-order valence-corrected chi connectivity index (χ3v) is 9.95. The molecule has 1 saturated heterocycles. The number of hydrogen-bond donors (Lipinski definition) is 0. The lowest BCUT2D eigenvalue weighted by atomic mass is 10.1. The van der Waals surface area contributed by atoms with Crippen molar-refractivity contribution in [2.75, 3.05) is 40.4 Å². The predicted octanol–water partition coefficient (Wildman–Crippen LogP) is 5.77. The summed E-state index contributed by atoms with van der Waals surface area (Å²) in [5, 5.41) is 1.86. The Labute approximate surface area is 251 Å². The van der Waals surface area contributed by atoms with Crippen LogP contribution in [-0.2, 0) is 10.0 Å². The molecule has 1 aliphatic rings. The summed E-state index contributed by atoms with van der Waals surface area (Å²) >= 11 is 0. The van der Waals surface area contributed by atoms with Crippen molar-refractivity contribution in [2.24, 2.45) is 0 Å². The average Bonchev–Trinajstić information content (AvgIpc) is 3.40. The molecule has 0 atom stereocenters. The van der Waals surface area contributed by atoms with E-state index in [1.165, 1.54) is 4.31 Å². The number of hydrogen-bond acceptors (Lipinski definition) is 5. The number of carbonyl (C=O) groups excluding carboxylic acids is 1. The Morgan fingerprint density at radius 1 is 0.721 bits per heavy atom. The highest BCUT2D eigenvalue weighted by Crippen LogP contribution is 2.35. The summed E-state index contributed by atoms with van der Waals surface area (Å²) in [7, 11) is -0.504. The van der Waals surface area contributed by atoms with Gasteiger partial charge in [0.2, 0.25) is 10.0 Å². The van der Waals surface area contributed by atoms with E-state index < -0.39 is 10.0 Å². The summed E-state index contributed by atoms with van der Waals surface area (Å²) in [4.78, 5) is 15.9. The Kier molecular flexibility index (Phi) is 7.68. The monoisotopic (exact) mass is 595 g/mol. The maximum Gasteiger partial charge on any atom is 0.255 e. The van der Waals surface area contributed by atoms with E-state index in [0.29, 0.717) is 30.2 Å². The van der Waals surface area contributed by atoms with Crippen molar-refractivity contribution in [3.8, 4) is 28.4 Å². The van der Waals surface area contributed by atoms with Gasteiger partial charge in [0.1, 0.15) is 0 Å². The molecule has 0 spiro atoms. The topological polar surface area (TPSA) is 81.1 Å². The van der Waals surface area contributed by atoms with Gasteiger partial charge in [-0.3, -0.25) is 4.79 Å². The number of nitrogens with zero attached hydrogens (tertiary/aromatic N) is 3. The Bertz CT molecular complexity index is 1910. The zero-order valence-corrected chi connectivity index (χ0v) is 25.2. The smallest absolute Gasteiger partial charge is 0.255 e. The van der Waals surface area contributed by atoms with Crippen molar-refractivity contribution in [3.63, 3.8) is 0 Å². The second-order valence-corrected chi connectivity index (χ2v) is 12.4. The third kappa shape index (κ3) is 5.26. The molecule has 43 heavy (non-hydrogen) atoms. The molecule has 1 fully saturated rings. The van der Waals surface area contributed by atoms with Gasteiger partial charge >= 0.3 is 0 Å². The zero-order chi connectivity index (χ0) is 30.1. The summed E-state index contributed by atoms with van der Waals surface area (Å²) in [5.41, 5.74) is 4.01. The highest BCUT2D eigenvalue weighted by atomic mass is 32.2. The van der Waals surface area contributed by atoms with Gasteiger partial charge in [0.25, 0.3) is 5.91 Å². The van der Waals surface area contributed by atoms with Crippen LogP contribution < -0.4 is 9.47 Å². The summed E-state index contributed by atoms with van der Waals surface area (Å²) < 4.78 is 41.5. The van der Waals surface area contributed by atoms with Gasteiger partial charge in [0.05, 0.1) is 30.4 Å². The van der Waals surface area contributed by atoms with Crippen LogP contribution in [0.1, 0.15) is 16.1 Å². The first kappa shape index (κ1) is 28.5. The van der Waals surface area contributed by atoms with Crippen molar-refractivity contribution in [1.29, 1.82) is 0 Å². The van der Waals surface area contributed by atoms with Crippen molar-refractivity contribution in [1.82, 2.24) is 13.8 Å². The van der Waals surface area contributed by atoms with E-state index in [9.17, 15) is 13.2 Å². The standard InChI is InChI=1S/C34H33N3O5S/c1-24-30(23-31(26-10-5-4-6-11-26)37(24)28-14-16-32(41-2)33(22-28)42-3)34(38)35-17-19-36(20-18-35)43(39,40)29-15-13-25-9-7-8-12-27(25)21-29/h4-16,21-23H,17-20H2,1-3H3. The molecule has 0 aliphatic carbocycles. The van der Waals surface area contributed by atoms with E-state index in [-0.39, 0.29) is 23.9 Å². The first-order valence-corrected chi connectivity index (χ1v) is 15.5. The van der Waals surface area contributed by atoms with Gasteiger partial charge in [-0.2, -0.15) is 4.31 Å². The lowest BCUT2D eigenvalue weighted by Gasteiger charge is -2.34. The van der Waals surface area contributed by atoms with E-state index in [2.05, 4.69) is 0 Å². The molecule has 6 rings (SSSR count). The van der Waals surface area contributed by atoms with Crippen molar-refractivity contribution < 1.29 is 22.7 Å². The number of fused-ring (bicyclic) bond motifs is 1. The quantitative estimate of drug-likeness (QED) is 0.239. The molecule has 0 N–H and O–H groups in total. The van der Waals surface area contributed by atoms with E-state index >= 15 is 0 Å². The number of amides is 1. The number of rotatable bonds is 7. The lowest BCUT2D eigenvalue weighted by molar-refractivity contribution is 0.0697. The number of aromatic nitrogens is 1. The lowest BCUT2D eigenvalue weighted by Crippen LogP contribution is -2.50. The van der Waals surface area contributed by atoms with Crippen LogP contribution in [0.5, 0.6) is 11.5 Å². The van der Waals surface area contributed by atoms with Crippen LogP contribution in [0.3, 0.4) is 0 Å². The molecule has 9 heteroatoms. The minimum absolute atomic E-state index is 0.128. The SMILES string of the molecule is COc1ccc(-n2c(-c3ccccc3)cc(C(=O)N3CCN(S(=O)(=O)c4ccc5ccccc5c4)CC3)c2C)cc1OC. The van der Waals surface area contributed by atoms with E-state index in [1.807, 2.05) is 96.4 Å². The number of benzene rings is 4. The van der Waals surface area contributed by atoms with Gasteiger partial charge in [-0.25, -0.2) is 8.42 Å². The van der Waals surface area contributed by atoms with E-state index in [0.717, 1.165) is 33.4 Å². The third-order valence-electron chi connectivity index (χ3n) is 8.06. The molecule has 1 amide bonds. The predicted molar refractivity (Wildman–Crippen MR) is 168 cm³/mol. The van der Waals surface area contributed by atoms with Gasteiger partial charge in [0.15, 0.2) is 11.5 Å². The van der Waals surface area contributed by atoms with Crippen LogP contribution >= 0.6 is 0 Å². The first-order chi connectivity index (χ1) is 20.8. The first-order valence-electron chi connectivity index (χ1n) is 14.1. The highest BCUT2D eigenvalue weighted by Gasteiger charge is 2.32. The Morgan fingerprint density at radius 2 is 1.40 bits per heavy atom. The number of piperazine rings is 1. The molecule has 2 heterocycles. The number of ether oxygens (including phenoxy) is 2. The Morgan fingerprint density at radius 3 is 2.09 bits per heavy atom. The van der Waals surface area contributed by atoms with Crippen LogP contribution in [0.4, 0.5) is 0 Å². The highest BCUT2D eigenvalue weighted by molar-refractivity contribution is 7.89. The van der Waals surface area contributed by atoms with Gasteiger partial charge in [-0.05, 0) is 53.6 Å². The summed E-state index contributed by atoms with van der Waals surface area (Å²) in [6.07, 6.45) is 0. The fraction of sp³-hybridized carbons (Fsp3) is 0.206. The molecular weight excluding hydrogens is 562 g/mol. The molecule has 8 nitrogen and oxygen atoms in total. The molecule has 4 aromatic carbocycles. The van der Waals surface area contributed by atoms with Gasteiger partial charge in [0, 0.05) is 43.6 Å². The zero-order valence-electron chi connectivity index (χ0n) is 24.4. The van der Waals surface area contributed by atoms with Gasteiger partial charge in [-0.15, -0.1) is 0 Å². The maximum absolute atomic E-state index is 13.9. The van der Waals surface area contributed by atoms with Crippen LogP contribution in [-0.4, -0.2) is 68.5 Å². The minimum atomic E-state index is -3.69. The van der Waals surface area contributed by atoms with Crippen LogP contribution in [0.15, 0.2) is 102 Å². The summed E-state index contributed by atoms with van der Waals surface area (Å²) in [6.45, 7) is 2.97. The van der Waals surface area contributed by atoms with Crippen molar-refractivity contribution in [2.45, 2.75) is 11.8 Å². The number of methoxy groups -OCH3 is 2. The molecule has 0 radical (unpaired) electrons. The molecule has 1 aromatic heterocycles. The van der Waals surface area contributed by atoms with E-state index in [4.69, 9.17) is 9.47 Å². The molecule has 0 saturated carbocycles. The maximum atomic E-state index is 13.9. The fourth-order valence-electron chi connectivity index (χ4n) is 5.72. The number of sulfonamides is 1. The molecule has 220 valence electrons. The Balaban J connectivity index is 1.28. The molecule has 0 unspecified atom stereocenters. The molecule has 5 aromatic rings. The second kappa shape index (κ2) is 11.6. The largest absolute Gasteiger partial charge is 0.493 e. The van der Waals surface area contributed by atoms with Gasteiger partial charge < -0.3 is 18.9 Å². The van der Waals surface area contributed by atoms with Crippen molar-refractivity contribution in [3.05, 3.63) is 108 Å². The Hall–Kier alpha value is -4.60. The molecular formula is C34H33N3O5S. The molecule has 1 aliphatic heterocycles. The summed E-state index contributed by atoms with van der Waals surface area (Å²) in [5.74, 6) is 1.07. The second-order valence-electron chi connectivity index (χ2n) is 10.5. The fourth-order valence-corrected chi connectivity index (χ4v) is 7.18. The van der Waals surface area contributed by atoms with Crippen LogP contribution in [0.2, 0.25) is 0 Å². The van der Waals surface area contributed by atoms with E-state index in [1.54, 1.807) is 31.3 Å². The number of carbonyl (C=O) groups is 1. The van der Waals surface area contributed by atoms with Crippen molar-refractivity contribution >= 4 is 26.7 Å². The summed E-state index contributed by atoms with van der Waals surface area (Å²) in [6, 6.07) is 30.4. The van der Waals surface area contributed by atoms with Gasteiger partial charge in [-0.1, -0.05) is 60.7 Å². The molecule has 0 bridgehead atoms. The average molecular weight is 596 g/mol.